The van der Waals surface area contributed by atoms with Crippen LogP contribution in [0.1, 0.15) is 18.9 Å². The summed E-state index contributed by atoms with van der Waals surface area (Å²) in [5, 5.41) is 2.84. The van der Waals surface area contributed by atoms with Gasteiger partial charge in [-0.05, 0) is 43.3 Å². The van der Waals surface area contributed by atoms with Gasteiger partial charge in [-0.3, -0.25) is 9.59 Å². The van der Waals surface area contributed by atoms with E-state index in [9.17, 15) is 9.59 Å². The number of hydrogen-bond donors (Lipinski definition) is 1. The maximum Gasteiger partial charge on any atom is 0.226 e. The van der Waals surface area contributed by atoms with Crippen molar-refractivity contribution in [3.8, 4) is 0 Å². The van der Waals surface area contributed by atoms with Gasteiger partial charge in [-0.15, -0.1) is 0 Å². The van der Waals surface area contributed by atoms with Crippen molar-refractivity contribution >= 4 is 39.1 Å². The number of nitrogens with one attached hydrogen (secondary N) is 1. The van der Waals surface area contributed by atoms with Crippen LogP contribution in [0.3, 0.4) is 0 Å². The molecule has 0 aliphatic heterocycles. The molecule has 0 aliphatic carbocycles. The van der Waals surface area contributed by atoms with Crippen molar-refractivity contribution < 1.29 is 9.59 Å². The fraction of sp³-hybridized carbons (Fsp3) is 0.222. The number of amides is 2. The number of anilines is 2. The smallest absolute Gasteiger partial charge is 0.226 e. The van der Waals surface area contributed by atoms with Gasteiger partial charge in [0.1, 0.15) is 0 Å². The number of carbonyl (C=O) groups is 2. The number of carbonyl (C=O) groups excluding carboxylic acids is 2. The molecule has 0 bridgehead atoms. The van der Waals surface area contributed by atoms with Crippen LogP contribution in [0.25, 0.3) is 0 Å². The number of nitrogens with zero attached hydrogens (tertiary/aromatic N) is 1. The molecule has 4 nitrogen and oxygen atoms in total. The molecule has 0 aromatic heterocycles. The minimum Gasteiger partial charge on any atom is -0.326 e. The minimum atomic E-state index is -0.114. The van der Waals surface area contributed by atoms with E-state index in [4.69, 9.17) is 0 Å². The standard InChI is InChI=1S/C18H19BrN2O2/c1-13-3-7-16(8-4-13)20-18(23)11-12-21(14(2)22)17-9-5-15(19)6-10-17/h3-10H,11-12H2,1-2H3,(H,20,23). The predicted molar refractivity (Wildman–Crippen MR) is 96.6 cm³/mol. The molecule has 0 spiro atoms. The fourth-order valence-electron chi connectivity index (χ4n) is 2.16. The summed E-state index contributed by atoms with van der Waals surface area (Å²) in [6, 6.07) is 15.1. The summed E-state index contributed by atoms with van der Waals surface area (Å²) in [4.78, 5) is 25.5. The molecule has 23 heavy (non-hydrogen) atoms. The van der Waals surface area contributed by atoms with Gasteiger partial charge in [0.2, 0.25) is 11.8 Å². The summed E-state index contributed by atoms with van der Waals surface area (Å²) in [5.74, 6) is -0.201. The van der Waals surface area contributed by atoms with Gasteiger partial charge in [0.05, 0.1) is 0 Å². The van der Waals surface area contributed by atoms with Crippen LogP contribution in [0.4, 0.5) is 11.4 Å². The van der Waals surface area contributed by atoms with E-state index in [0.29, 0.717) is 6.54 Å². The third-order valence-corrected chi connectivity index (χ3v) is 3.94. The highest BCUT2D eigenvalue weighted by atomic mass is 79.9. The van der Waals surface area contributed by atoms with E-state index in [-0.39, 0.29) is 18.2 Å². The number of hydrogen-bond acceptors (Lipinski definition) is 2. The van der Waals surface area contributed by atoms with Crippen LogP contribution in [0.15, 0.2) is 53.0 Å². The van der Waals surface area contributed by atoms with Crippen molar-refractivity contribution in [2.24, 2.45) is 0 Å². The molecular formula is C18H19BrN2O2. The van der Waals surface area contributed by atoms with E-state index >= 15 is 0 Å². The summed E-state index contributed by atoms with van der Waals surface area (Å²) in [6.07, 6.45) is 0.240. The Labute approximate surface area is 144 Å². The summed E-state index contributed by atoms with van der Waals surface area (Å²) in [6.45, 7) is 3.84. The molecule has 2 aromatic carbocycles. The highest BCUT2D eigenvalue weighted by Gasteiger charge is 2.13. The molecule has 0 radical (unpaired) electrons. The van der Waals surface area contributed by atoms with E-state index in [0.717, 1.165) is 21.4 Å². The Bertz CT molecular complexity index is 681. The third kappa shape index (κ3) is 5.21. The highest BCUT2D eigenvalue weighted by molar-refractivity contribution is 9.10. The fourth-order valence-corrected chi connectivity index (χ4v) is 2.43. The second-order valence-electron chi connectivity index (χ2n) is 5.31. The van der Waals surface area contributed by atoms with Gasteiger partial charge >= 0.3 is 0 Å². The van der Waals surface area contributed by atoms with Gasteiger partial charge in [-0.1, -0.05) is 33.6 Å². The van der Waals surface area contributed by atoms with E-state index < -0.39 is 0 Å². The normalized spacial score (nSPS) is 10.2. The minimum absolute atomic E-state index is 0.0875. The first kappa shape index (κ1) is 17.2. The molecular weight excluding hydrogens is 356 g/mol. The second kappa shape index (κ2) is 7.92. The molecule has 0 unspecified atom stereocenters. The van der Waals surface area contributed by atoms with Crippen molar-refractivity contribution in [3.05, 3.63) is 58.6 Å². The van der Waals surface area contributed by atoms with Crippen molar-refractivity contribution in [3.63, 3.8) is 0 Å². The molecule has 1 N–H and O–H groups in total. The van der Waals surface area contributed by atoms with Crippen LogP contribution >= 0.6 is 15.9 Å². The second-order valence-corrected chi connectivity index (χ2v) is 6.23. The first-order valence-corrected chi connectivity index (χ1v) is 8.15. The Morgan fingerprint density at radius 1 is 1.04 bits per heavy atom. The van der Waals surface area contributed by atoms with Gasteiger partial charge < -0.3 is 10.2 Å². The predicted octanol–water partition coefficient (Wildman–Crippen LogP) is 4.14. The Morgan fingerprint density at radius 3 is 2.22 bits per heavy atom. The van der Waals surface area contributed by atoms with Crippen LogP contribution in [0.2, 0.25) is 0 Å². The maximum absolute atomic E-state index is 12.1. The summed E-state index contributed by atoms with van der Waals surface area (Å²) in [7, 11) is 0. The van der Waals surface area contributed by atoms with E-state index in [1.165, 1.54) is 6.92 Å². The lowest BCUT2D eigenvalue weighted by molar-refractivity contribution is -0.117. The van der Waals surface area contributed by atoms with Gasteiger partial charge in [-0.2, -0.15) is 0 Å². The van der Waals surface area contributed by atoms with E-state index in [1.54, 1.807) is 4.90 Å². The average molecular weight is 375 g/mol. The first-order valence-electron chi connectivity index (χ1n) is 7.36. The summed E-state index contributed by atoms with van der Waals surface area (Å²) < 4.78 is 0.946. The SMILES string of the molecule is CC(=O)N(CCC(=O)Nc1ccc(C)cc1)c1ccc(Br)cc1. The monoisotopic (exact) mass is 374 g/mol. The lowest BCUT2D eigenvalue weighted by atomic mass is 10.2. The molecule has 0 fully saturated rings. The van der Waals surface area contributed by atoms with Gasteiger partial charge in [0.25, 0.3) is 0 Å². The lowest BCUT2D eigenvalue weighted by Crippen LogP contribution is -2.31. The summed E-state index contributed by atoms with van der Waals surface area (Å²) in [5.41, 5.74) is 2.68. The number of halogens is 1. The number of benzene rings is 2. The topological polar surface area (TPSA) is 49.4 Å². The van der Waals surface area contributed by atoms with Crippen LogP contribution in [-0.2, 0) is 9.59 Å². The molecule has 5 heteroatoms. The molecule has 2 amide bonds. The third-order valence-electron chi connectivity index (χ3n) is 3.42. The van der Waals surface area contributed by atoms with Crippen molar-refractivity contribution in [1.82, 2.24) is 0 Å². The van der Waals surface area contributed by atoms with Gasteiger partial charge in [0, 0.05) is 35.7 Å². The van der Waals surface area contributed by atoms with Crippen molar-refractivity contribution in [2.75, 3.05) is 16.8 Å². The van der Waals surface area contributed by atoms with Crippen LogP contribution in [0, 0.1) is 6.92 Å². The molecule has 2 aromatic rings. The van der Waals surface area contributed by atoms with Gasteiger partial charge in [-0.25, -0.2) is 0 Å². The Balaban J connectivity index is 1.95. The van der Waals surface area contributed by atoms with Crippen molar-refractivity contribution in [1.29, 1.82) is 0 Å². The molecule has 0 aliphatic rings. The largest absolute Gasteiger partial charge is 0.326 e. The molecule has 0 saturated heterocycles. The Kier molecular flexibility index (Phi) is 5.93. The molecule has 0 saturated carbocycles. The molecule has 0 atom stereocenters. The molecule has 120 valence electrons. The Morgan fingerprint density at radius 2 is 1.65 bits per heavy atom. The average Bonchev–Trinajstić information content (AvgIpc) is 2.51. The zero-order chi connectivity index (χ0) is 16.8. The quantitative estimate of drug-likeness (QED) is 0.854. The van der Waals surface area contributed by atoms with Gasteiger partial charge in [0.15, 0.2) is 0 Å². The van der Waals surface area contributed by atoms with Crippen molar-refractivity contribution in [2.45, 2.75) is 20.3 Å². The van der Waals surface area contributed by atoms with E-state index in [2.05, 4.69) is 21.2 Å². The zero-order valence-corrected chi connectivity index (χ0v) is 14.8. The first-order chi connectivity index (χ1) is 11.0. The number of rotatable bonds is 5. The molecule has 0 heterocycles. The van der Waals surface area contributed by atoms with Crippen LogP contribution < -0.4 is 10.2 Å². The highest BCUT2D eigenvalue weighted by Crippen LogP contribution is 2.19. The lowest BCUT2D eigenvalue weighted by Gasteiger charge is -2.21. The Hall–Kier alpha value is -2.14. The maximum atomic E-state index is 12.1. The van der Waals surface area contributed by atoms with Crippen LogP contribution in [0.5, 0.6) is 0 Å². The van der Waals surface area contributed by atoms with E-state index in [1.807, 2.05) is 55.5 Å². The summed E-state index contributed by atoms with van der Waals surface area (Å²) >= 11 is 3.37. The van der Waals surface area contributed by atoms with Crippen LogP contribution in [-0.4, -0.2) is 18.4 Å². The zero-order valence-electron chi connectivity index (χ0n) is 13.2. The number of aryl methyl sites for hydroxylation is 1. The molecule has 2 rings (SSSR count).